The van der Waals surface area contributed by atoms with Crippen LogP contribution in [0.1, 0.15) is 19.3 Å². The summed E-state index contributed by atoms with van der Waals surface area (Å²) in [7, 11) is -1.67. The number of hydrogen-bond donors (Lipinski definition) is 0. The zero-order chi connectivity index (χ0) is 12.3. The van der Waals surface area contributed by atoms with E-state index in [0.29, 0.717) is 11.3 Å². The highest BCUT2D eigenvalue weighted by atomic mass is 32.2. The summed E-state index contributed by atoms with van der Waals surface area (Å²) in [5, 5.41) is -0.450. The Labute approximate surface area is 102 Å². The van der Waals surface area contributed by atoms with Crippen LogP contribution < -0.4 is 0 Å². The summed E-state index contributed by atoms with van der Waals surface area (Å²) in [5.74, 6) is 0.778. The minimum atomic E-state index is -3.26. The Kier molecular flexibility index (Phi) is 3.52. The number of rotatable bonds is 3. The number of allylic oxidation sites excluding steroid dienone is 1. The molecular weight excluding hydrogens is 236 g/mol. The number of benzene rings is 1. The van der Waals surface area contributed by atoms with Crippen molar-refractivity contribution in [3.05, 3.63) is 42.2 Å². The Hall–Kier alpha value is -1.29. The predicted molar refractivity (Wildman–Crippen MR) is 66.4 cm³/mol. The lowest BCUT2D eigenvalue weighted by molar-refractivity contribution is 0.266. The van der Waals surface area contributed by atoms with E-state index in [1.807, 2.05) is 6.07 Å². The smallest absolute Gasteiger partial charge is 0.184 e. The Morgan fingerprint density at radius 2 is 1.94 bits per heavy atom. The molecule has 0 aromatic heterocycles. The molecule has 1 unspecified atom stereocenters. The van der Waals surface area contributed by atoms with E-state index in [-0.39, 0.29) is 0 Å². The largest absolute Gasteiger partial charge is 0.501 e. The van der Waals surface area contributed by atoms with Crippen molar-refractivity contribution in [2.75, 3.05) is 7.11 Å². The van der Waals surface area contributed by atoms with E-state index in [0.717, 1.165) is 18.6 Å². The first-order valence-corrected chi connectivity index (χ1v) is 7.23. The van der Waals surface area contributed by atoms with Crippen LogP contribution in [0.25, 0.3) is 0 Å². The molecule has 0 radical (unpaired) electrons. The highest BCUT2D eigenvalue weighted by molar-refractivity contribution is 7.92. The summed E-state index contributed by atoms with van der Waals surface area (Å²) in [5.41, 5.74) is 0. The Bertz CT molecular complexity index is 503. The second-order valence-corrected chi connectivity index (χ2v) is 6.29. The molecule has 2 rings (SSSR count). The van der Waals surface area contributed by atoms with Gasteiger partial charge in [0.25, 0.3) is 0 Å². The highest BCUT2D eigenvalue weighted by Crippen LogP contribution is 2.27. The Morgan fingerprint density at radius 1 is 1.24 bits per heavy atom. The van der Waals surface area contributed by atoms with Crippen molar-refractivity contribution < 1.29 is 13.2 Å². The van der Waals surface area contributed by atoms with Crippen molar-refractivity contribution in [1.82, 2.24) is 0 Å². The van der Waals surface area contributed by atoms with E-state index in [1.54, 1.807) is 37.5 Å². The average molecular weight is 252 g/mol. The van der Waals surface area contributed by atoms with Crippen LogP contribution in [-0.4, -0.2) is 20.8 Å². The van der Waals surface area contributed by atoms with Gasteiger partial charge in [0.05, 0.1) is 23.0 Å². The molecule has 1 aliphatic carbocycles. The molecule has 1 aromatic rings. The molecule has 0 saturated heterocycles. The van der Waals surface area contributed by atoms with Gasteiger partial charge in [0.2, 0.25) is 0 Å². The quantitative estimate of drug-likeness (QED) is 0.830. The van der Waals surface area contributed by atoms with Crippen LogP contribution in [0.2, 0.25) is 0 Å². The lowest BCUT2D eigenvalue weighted by Gasteiger charge is -2.20. The van der Waals surface area contributed by atoms with Crippen LogP contribution in [0, 0.1) is 0 Å². The molecule has 0 heterocycles. The maximum atomic E-state index is 12.3. The van der Waals surface area contributed by atoms with Gasteiger partial charge in [0, 0.05) is 6.42 Å². The van der Waals surface area contributed by atoms with Crippen molar-refractivity contribution in [2.45, 2.75) is 29.4 Å². The molecule has 1 aromatic carbocycles. The molecular formula is C13H16O3S. The van der Waals surface area contributed by atoms with E-state index in [1.165, 1.54) is 0 Å². The van der Waals surface area contributed by atoms with Gasteiger partial charge in [-0.1, -0.05) is 18.2 Å². The van der Waals surface area contributed by atoms with Gasteiger partial charge in [-0.3, -0.25) is 0 Å². The Balaban J connectivity index is 2.34. The van der Waals surface area contributed by atoms with E-state index in [2.05, 4.69) is 0 Å². The van der Waals surface area contributed by atoms with Gasteiger partial charge in [0.15, 0.2) is 9.84 Å². The zero-order valence-electron chi connectivity index (χ0n) is 9.80. The second kappa shape index (κ2) is 4.92. The van der Waals surface area contributed by atoms with Crippen LogP contribution in [0.15, 0.2) is 47.1 Å². The number of hydrogen-bond acceptors (Lipinski definition) is 3. The third kappa shape index (κ3) is 2.52. The number of sulfone groups is 1. The minimum Gasteiger partial charge on any atom is -0.501 e. The van der Waals surface area contributed by atoms with Crippen LogP contribution in [0.4, 0.5) is 0 Å². The molecule has 1 atom stereocenters. The van der Waals surface area contributed by atoms with Crippen molar-refractivity contribution in [1.29, 1.82) is 0 Å². The molecule has 4 heteroatoms. The van der Waals surface area contributed by atoms with Crippen molar-refractivity contribution in [3.63, 3.8) is 0 Å². The van der Waals surface area contributed by atoms with Crippen LogP contribution >= 0.6 is 0 Å². The van der Waals surface area contributed by atoms with Gasteiger partial charge in [-0.05, 0) is 31.1 Å². The summed E-state index contributed by atoms with van der Waals surface area (Å²) < 4.78 is 29.8. The highest BCUT2D eigenvalue weighted by Gasteiger charge is 2.28. The molecule has 0 amide bonds. The van der Waals surface area contributed by atoms with Gasteiger partial charge < -0.3 is 4.74 Å². The third-order valence-corrected chi connectivity index (χ3v) is 5.11. The standard InChI is InChI=1S/C13H16O3S/c1-16-11-6-5-9-13(10-11)17(14,15)12-7-3-2-4-8-12/h2-4,7-8,10,13H,5-6,9H2,1H3. The van der Waals surface area contributed by atoms with E-state index < -0.39 is 15.1 Å². The molecule has 1 aliphatic rings. The molecule has 0 spiro atoms. The first-order valence-electron chi connectivity index (χ1n) is 5.68. The molecule has 3 nitrogen and oxygen atoms in total. The molecule has 0 fully saturated rings. The molecule has 0 N–H and O–H groups in total. The summed E-state index contributed by atoms with van der Waals surface area (Å²) in [4.78, 5) is 0.388. The maximum absolute atomic E-state index is 12.3. The minimum absolute atomic E-state index is 0.388. The summed E-state index contributed by atoms with van der Waals surface area (Å²) in [6, 6.07) is 8.60. The lowest BCUT2D eigenvalue weighted by Crippen LogP contribution is -2.22. The summed E-state index contributed by atoms with van der Waals surface area (Å²) >= 11 is 0. The topological polar surface area (TPSA) is 43.4 Å². The third-order valence-electron chi connectivity index (χ3n) is 3.02. The van der Waals surface area contributed by atoms with E-state index in [9.17, 15) is 8.42 Å². The van der Waals surface area contributed by atoms with E-state index in [4.69, 9.17) is 4.74 Å². The van der Waals surface area contributed by atoms with Crippen LogP contribution in [0.5, 0.6) is 0 Å². The molecule has 92 valence electrons. The first-order chi connectivity index (χ1) is 8.14. The molecule has 0 bridgehead atoms. The van der Waals surface area contributed by atoms with Gasteiger partial charge in [0.1, 0.15) is 0 Å². The van der Waals surface area contributed by atoms with Crippen molar-refractivity contribution in [2.24, 2.45) is 0 Å². The second-order valence-electron chi connectivity index (χ2n) is 4.13. The summed E-state index contributed by atoms with van der Waals surface area (Å²) in [6.07, 6.45) is 4.10. The maximum Gasteiger partial charge on any atom is 0.184 e. The molecule has 0 saturated carbocycles. The lowest BCUT2D eigenvalue weighted by atomic mass is 10.1. The van der Waals surface area contributed by atoms with Crippen molar-refractivity contribution in [3.8, 4) is 0 Å². The fraction of sp³-hybridized carbons (Fsp3) is 0.385. The van der Waals surface area contributed by atoms with Crippen molar-refractivity contribution >= 4 is 9.84 Å². The summed E-state index contributed by atoms with van der Waals surface area (Å²) in [6.45, 7) is 0. The fourth-order valence-electron chi connectivity index (χ4n) is 2.05. The van der Waals surface area contributed by atoms with Crippen LogP contribution in [0.3, 0.4) is 0 Å². The normalized spacial score (nSPS) is 20.8. The number of methoxy groups -OCH3 is 1. The first kappa shape index (κ1) is 12.2. The fourth-order valence-corrected chi connectivity index (χ4v) is 3.75. The SMILES string of the molecule is COC1=CC(S(=O)(=O)c2ccccc2)CCC1. The predicted octanol–water partition coefficient (Wildman–Crippen LogP) is 2.54. The van der Waals surface area contributed by atoms with Gasteiger partial charge in [-0.2, -0.15) is 0 Å². The zero-order valence-corrected chi connectivity index (χ0v) is 10.6. The van der Waals surface area contributed by atoms with Crippen LogP contribution in [-0.2, 0) is 14.6 Å². The van der Waals surface area contributed by atoms with E-state index >= 15 is 0 Å². The average Bonchev–Trinajstić information content (AvgIpc) is 2.40. The molecule has 17 heavy (non-hydrogen) atoms. The Morgan fingerprint density at radius 3 is 2.59 bits per heavy atom. The van der Waals surface area contributed by atoms with Gasteiger partial charge in [-0.25, -0.2) is 8.42 Å². The monoisotopic (exact) mass is 252 g/mol. The number of ether oxygens (including phenoxy) is 1. The van der Waals surface area contributed by atoms with Gasteiger partial charge >= 0.3 is 0 Å². The molecule has 0 aliphatic heterocycles. The van der Waals surface area contributed by atoms with Gasteiger partial charge in [-0.15, -0.1) is 0 Å².